The number of carbonyl (C=O) groups excluding carboxylic acids is 1. The summed E-state index contributed by atoms with van der Waals surface area (Å²) in [4.78, 5) is 19.8. The van der Waals surface area contributed by atoms with E-state index in [0.29, 0.717) is 19.5 Å². The Kier molecular flexibility index (Phi) is 6.44. The smallest absolute Gasteiger partial charge is 0.248 e. The van der Waals surface area contributed by atoms with Crippen molar-refractivity contribution in [2.75, 3.05) is 27.4 Å². The average Bonchev–Trinajstić information content (AvgIpc) is 3.17. The minimum absolute atomic E-state index is 0.0414. The molecular weight excluding hydrogens is 344 g/mol. The monoisotopic (exact) mass is 368 g/mol. The summed E-state index contributed by atoms with van der Waals surface area (Å²) in [6.45, 7) is 0.992. The average molecular weight is 368 g/mol. The van der Waals surface area contributed by atoms with Crippen molar-refractivity contribution in [1.29, 1.82) is 0 Å². The van der Waals surface area contributed by atoms with E-state index in [1.807, 2.05) is 54.6 Å². The standard InChI is InChI=1S/C21H24N2O4/c1-25-15-21(24)23(13-16-8-4-3-5-9-16)14-17-12-19(22-27-17)18-10-6-7-11-20(18)26-2/h3-11,17H,12-15H2,1-2H3. The van der Waals surface area contributed by atoms with Gasteiger partial charge >= 0.3 is 0 Å². The van der Waals surface area contributed by atoms with Gasteiger partial charge in [-0.15, -0.1) is 0 Å². The van der Waals surface area contributed by atoms with Gasteiger partial charge in [0, 0.05) is 25.6 Å². The number of hydrogen-bond donors (Lipinski definition) is 0. The highest BCUT2D eigenvalue weighted by Crippen LogP contribution is 2.25. The summed E-state index contributed by atoms with van der Waals surface area (Å²) in [6.07, 6.45) is 0.417. The van der Waals surface area contributed by atoms with Crippen molar-refractivity contribution in [1.82, 2.24) is 4.90 Å². The van der Waals surface area contributed by atoms with Crippen LogP contribution >= 0.6 is 0 Å². The molecule has 0 spiro atoms. The van der Waals surface area contributed by atoms with Crippen molar-refractivity contribution >= 4 is 11.6 Å². The molecule has 1 aliphatic rings. The molecule has 1 aliphatic heterocycles. The van der Waals surface area contributed by atoms with E-state index in [-0.39, 0.29) is 18.6 Å². The molecule has 0 N–H and O–H groups in total. The highest BCUT2D eigenvalue weighted by atomic mass is 16.6. The molecule has 1 unspecified atom stereocenters. The normalized spacial score (nSPS) is 15.8. The molecule has 2 aromatic rings. The lowest BCUT2D eigenvalue weighted by Crippen LogP contribution is -2.39. The first-order valence-corrected chi connectivity index (χ1v) is 8.88. The quantitative estimate of drug-likeness (QED) is 0.719. The maximum absolute atomic E-state index is 12.5. The summed E-state index contributed by atoms with van der Waals surface area (Å²) < 4.78 is 10.4. The molecule has 27 heavy (non-hydrogen) atoms. The fraction of sp³-hybridized carbons (Fsp3) is 0.333. The van der Waals surface area contributed by atoms with Gasteiger partial charge in [0.25, 0.3) is 0 Å². The number of methoxy groups -OCH3 is 2. The minimum atomic E-state index is -0.200. The van der Waals surface area contributed by atoms with Gasteiger partial charge in [-0.1, -0.05) is 47.6 Å². The molecule has 1 amide bonds. The van der Waals surface area contributed by atoms with Crippen molar-refractivity contribution in [3.63, 3.8) is 0 Å². The van der Waals surface area contributed by atoms with Gasteiger partial charge in [0.2, 0.25) is 5.91 Å². The van der Waals surface area contributed by atoms with Crippen LogP contribution in [0, 0.1) is 0 Å². The SMILES string of the molecule is COCC(=O)N(Cc1ccccc1)CC1CC(c2ccccc2OC)=NO1. The maximum Gasteiger partial charge on any atom is 0.248 e. The highest BCUT2D eigenvalue weighted by Gasteiger charge is 2.28. The molecule has 1 heterocycles. The number of amides is 1. The number of rotatable bonds is 8. The fourth-order valence-electron chi connectivity index (χ4n) is 3.09. The van der Waals surface area contributed by atoms with Gasteiger partial charge in [0.05, 0.1) is 19.4 Å². The van der Waals surface area contributed by atoms with Gasteiger partial charge in [-0.05, 0) is 17.7 Å². The van der Waals surface area contributed by atoms with Gasteiger partial charge in [-0.2, -0.15) is 0 Å². The predicted molar refractivity (Wildman–Crippen MR) is 103 cm³/mol. The van der Waals surface area contributed by atoms with Crippen molar-refractivity contribution in [3.05, 3.63) is 65.7 Å². The summed E-state index contributed by atoms with van der Waals surface area (Å²) in [5.41, 5.74) is 2.81. The second kappa shape index (κ2) is 9.19. The van der Waals surface area contributed by atoms with Gasteiger partial charge in [-0.25, -0.2) is 0 Å². The maximum atomic E-state index is 12.5. The fourth-order valence-corrected chi connectivity index (χ4v) is 3.09. The number of oxime groups is 1. The molecule has 0 fully saturated rings. The summed E-state index contributed by atoms with van der Waals surface area (Å²) in [5.74, 6) is 0.688. The Morgan fingerprint density at radius 1 is 1.15 bits per heavy atom. The molecule has 0 aromatic heterocycles. The van der Waals surface area contributed by atoms with Crippen LogP contribution in [0.5, 0.6) is 5.75 Å². The zero-order valence-corrected chi connectivity index (χ0v) is 15.6. The highest BCUT2D eigenvalue weighted by molar-refractivity contribution is 6.03. The van der Waals surface area contributed by atoms with Crippen LogP contribution in [0.2, 0.25) is 0 Å². The predicted octanol–water partition coefficient (Wildman–Crippen LogP) is 2.86. The van der Waals surface area contributed by atoms with E-state index in [9.17, 15) is 4.79 Å². The molecule has 0 bridgehead atoms. The lowest BCUT2D eigenvalue weighted by molar-refractivity contribution is -0.137. The summed E-state index contributed by atoms with van der Waals surface area (Å²) in [6, 6.07) is 17.6. The van der Waals surface area contributed by atoms with E-state index in [4.69, 9.17) is 14.3 Å². The van der Waals surface area contributed by atoms with Gasteiger partial charge in [0.15, 0.2) is 6.10 Å². The van der Waals surface area contributed by atoms with E-state index >= 15 is 0 Å². The van der Waals surface area contributed by atoms with Crippen LogP contribution in [-0.2, 0) is 20.9 Å². The van der Waals surface area contributed by atoms with Crippen LogP contribution in [0.1, 0.15) is 17.5 Å². The van der Waals surface area contributed by atoms with Gasteiger partial charge in [-0.3, -0.25) is 4.79 Å². The van der Waals surface area contributed by atoms with Crippen molar-refractivity contribution in [3.8, 4) is 5.75 Å². The minimum Gasteiger partial charge on any atom is -0.496 e. The van der Waals surface area contributed by atoms with E-state index in [1.54, 1.807) is 12.0 Å². The summed E-state index contributed by atoms with van der Waals surface area (Å²) in [5, 5.41) is 4.23. The number of para-hydroxylation sites is 1. The molecule has 0 aliphatic carbocycles. The molecule has 142 valence electrons. The topological polar surface area (TPSA) is 60.4 Å². The Bertz CT molecular complexity index is 792. The largest absolute Gasteiger partial charge is 0.496 e. The number of benzene rings is 2. The van der Waals surface area contributed by atoms with Crippen LogP contribution in [0.15, 0.2) is 59.8 Å². The van der Waals surface area contributed by atoms with Crippen molar-refractivity contribution < 1.29 is 19.1 Å². The summed E-state index contributed by atoms with van der Waals surface area (Å²) >= 11 is 0. The molecule has 0 saturated heterocycles. The summed E-state index contributed by atoms with van der Waals surface area (Å²) in [7, 11) is 3.16. The zero-order chi connectivity index (χ0) is 19.1. The first-order chi connectivity index (χ1) is 13.2. The van der Waals surface area contributed by atoms with E-state index in [0.717, 1.165) is 22.6 Å². The lowest BCUT2D eigenvalue weighted by Gasteiger charge is -2.24. The lowest BCUT2D eigenvalue weighted by atomic mass is 10.0. The first kappa shape index (κ1) is 18.9. The number of nitrogens with zero attached hydrogens (tertiary/aromatic N) is 2. The van der Waals surface area contributed by atoms with Crippen LogP contribution in [-0.4, -0.2) is 50.0 Å². The molecule has 0 saturated carbocycles. The Hall–Kier alpha value is -2.86. The third-order valence-electron chi connectivity index (χ3n) is 4.41. The molecular formula is C21H24N2O4. The third-order valence-corrected chi connectivity index (χ3v) is 4.41. The molecule has 6 heteroatoms. The zero-order valence-electron chi connectivity index (χ0n) is 15.6. The third kappa shape index (κ3) is 4.86. The van der Waals surface area contributed by atoms with Crippen molar-refractivity contribution in [2.24, 2.45) is 5.16 Å². The first-order valence-electron chi connectivity index (χ1n) is 8.88. The number of ether oxygens (including phenoxy) is 2. The van der Waals surface area contributed by atoms with Crippen LogP contribution in [0.3, 0.4) is 0 Å². The second-order valence-corrected chi connectivity index (χ2v) is 6.36. The van der Waals surface area contributed by atoms with E-state index in [2.05, 4.69) is 5.16 Å². The Morgan fingerprint density at radius 2 is 1.89 bits per heavy atom. The van der Waals surface area contributed by atoms with Gasteiger partial charge in [0.1, 0.15) is 12.4 Å². The number of carbonyl (C=O) groups is 1. The molecule has 6 nitrogen and oxygen atoms in total. The molecule has 1 atom stereocenters. The Morgan fingerprint density at radius 3 is 2.63 bits per heavy atom. The van der Waals surface area contributed by atoms with E-state index < -0.39 is 0 Å². The molecule has 0 radical (unpaired) electrons. The molecule has 3 rings (SSSR count). The van der Waals surface area contributed by atoms with Gasteiger partial charge < -0.3 is 19.2 Å². The Labute approximate surface area is 159 Å². The van der Waals surface area contributed by atoms with E-state index in [1.165, 1.54) is 7.11 Å². The van der Waals surface area contributed by atoms with Crippen molar-refractivity contribution in [2.45, 2.75) is 19.1 Å². The Balaban J connectivity index is 1.67. The van der Waals surface area contributed by atoms with Crippen LogP contribution in [0.4, 0.5) is 0 Å². The second-order valence-electron chi connectivity index (χ2n) is 6.36. The molecule has 2 aromatic carbocycles. The number of hydrogen-bond acceptors (Lipinski definition) is 5. The van der Waals surface area contributed by atoms with Crippen LogP contribution < -0.4 is 4.74 Å². The van der Waals surface area contributed by atoms with Crippen LogP contribution in [0.25, 0.3) is 0 Å².